The molecule has 2 fully saturated rings. The van der Waals surface area contributed by atoms with Gasteiger partial charge in [0.05, 0.1) is 30.2 Å². The summed E-state index contributed by atoms with van der Waals surface area (Å²) in [5.41, 5.74) is -0.103. The Morgan fingerprint density at radius 1 is 1.14 bits per heavy atom. The van der Waals surface area contributed by atoms with Gasteiger partial charge in [0, 0.05) is 0 Å². The van der Waals surface area contributed by atoms with Crippen molar-refractivity contribution < 1.29 is 22.8 Å². The van der Waals surface area contributed by atoms with Crippen LogP contribution in [0, 0.1) is 5.92 Å². The van der Waals surface area contributed by atoms with Crippen LogP contribution in [-0.4, -0.2) is 24.0 Å². The van der Waals surface area contributed by atoms with Gasteiger partial charge in [0.25, 0.3) is 0 Å². The standard InChI is InChI=1S/C21H22F3N3O2/c1-11(25-20(29)17-10-18(28)27-19(26-17)12-6-7-12)13-8-9-16(21(22,23)24)15-5-3-2-4-14(13)15/h2-5,8-9,11-12,17,19,26H,6-7,10H2,1H3,(H,25,29)(H,27,28)/t11-,17?,19?/m1/s1. The molecule has 0 spiro atoms. The van der Waals surface area contributed by atoms with Gasteiger partial charge in [-0.2, -0.15) is 13.2 Å². The maximum atomic E-state index is 13.3. The van der Waals surface area contributed by atoms with Crippen LogP contribution in [0.5, 0.6) is 0 Å². The average molecular weight is 405 g/mol. The van der Waals surface area contributed by atoms with E-state index in [-0.39, 0.29) is 29.8 Å². The van der Waals surface area contributed by atoms with Gasteiger partial charge in [-0.15, -0.1) is 0 Å². The predicted molar refractivity (Wildman–Crippen MR) is 102 cm³/mol. The van der Waals surface area contributed by atoms with Crippen molar-refractivity contribution in [1.82, 2.24) is 16.0 Å². The second-order valence-corrected chi connectivity index (χ2v) is 7.78. The van der Waals surface area contributed by atoms with E-state index < -0.39 is 23.8 Å². The lowest BCUT2D eigenvalue weighted by Gasteiger charge is -2.31. The lowest BCUT2D eigenvalue weighted by atomic mass is 9.95. The summed E-state index contributed by atoms with van der Waals surface area (Å²) in [5, 5.41) is 9.43. The van der Waals surface area contributed by atoms with E-state index >= 15 is 0 Å². The highest BCUT2D eigenvalue weighted by molar-refractivity contribution is 5.92. The molecule has 3 atom stereocenters. The molecular formula is C21H22F3N3O2. The average Bonchev–Trinajstić information content (AvgIpc) is 3.51. The smallest absolute Gasteiger partial charge is 0.348 e. The Morgan fingerprint density at radius 2 is 1.83 bits per heavy atom. The molecular weight excluding hydrogens is 383 g/mol. The molecule has 1 aliphatic heterocycles. The molecule has 2 amide bonds. The third kappa shape index (κ3) is 4.07. The number of nitrogens with one attached hydrogen (secondary N) is 3. The molecule has 1 heterocycles. The monoisotopic (exact) mass is 405 g/mol. The highest BCUT2D eigenvalue weighted by Crippen LogP contribution is 2.37. The molecule has 8 heteroatoms. The summed E-state index contributed by atoms with van der Waals surface area (Å²) in [6, 6.07) is 7.58. The van der Waals surface area contributed by atoms with Gasteiger partial charge >= 0.3 is 6.18 Å². The summed E-state index contributed by atoms with van der Waals surface area (Å²) >= 11 is 0. The van der Waals surface area contributed by atoms with Gasteiger partial charge in [-0.25, -0.2) is 0 Å². The minimum Gasteiger partial charge on any atom is -0.348 e. The Labute approximate surface area is 166 Å². The van der Waals surface area contributed by atoms with Crippen molar-refractivity contribution in [3.63, 3.8) is 0 Å². The summed E-state index contributed by atoms with van der Waals surface area (Å²) in [6.07, 6.45) is -2.59. The Bertz CT molecular complexity index is 956. The van der Waals surface area contributed by atoms with Crippen molar-refractivity contribution >= 4 is 22.6 Å². The normalized spacial score (nSPS) is 23.5. The third-order valence-electron chi connectivity index (χ3n) is 5.59. The molecule has 1 aliphatic carbocycles. The topological polar surface area (TPSA) is 70.2 Å². The molecule has 1 saturated heterocycles. The van der Waals surface area contributed by atoms with Crippen LogP contribution in [0.3, 0.4) is 0 Å². The first kappa shape index (κ1) is 19.7. The summed E-state index contributed by atoms with van der Waals surface area (Å²) in [7, 11) is 0. The maximum Gasteiger partial charge on any atom is 0.417 e. The number of fused-ring (bicyclic) bond motifs is 1. The molecule has 2 aliphatic rings. The summed E-state index contributed by atoms with van der Waals surface area (Å²) in [6.45, 7) is 1.73. The van der Waals surface area contributed by atoms with E-state index in [1.165, 1.54) is 12.1 Å². The number of carbonyl (C=O) groups is 2. The fraction of sp³-hybridized carbons (Fsp3) is 0.429. The molecule has 0 bridgehead atoms. The molecule has 29 heavy (non-hydrogen) atoms. The number of amides is 2. The number of rotatable bonds is 4. The van der Waals surface area contributed by atoms with E-state index in [9.17, 15) is 22.8 Å². The number of benzene rings is 2. The summed E-state index contributed by atoms with van der Waals surface area (Å²) in [5.74, 6) is -0.152. The fourth-order valence-corrected chi connectivity index (χ4v) is 3.93. The van der Waals surface area contributed by atoms with Crippen LogP contribution in [0.15, 0.2) is 36.4 Å². The summed E-state index contributed by atoms with van der Waals surface area (Å²) in [4.78, 5) is 24.7. The second kappa shape index (κ2) is 7.33. The quantitative estimate of drug-likeness (QED) is 0.731. The first-order chi connectivity index (χ1) is 13.7. The SMILES string of the molecule is C[C@@H](NC(=O)C1CC(=O)NC(C2CC2)N1)c1ccc(C(F)(F)F)c2ccccc12. The number of hydrogen-bond acceptors (Lipinski definition) is 3. The van der Waals surface area contributed by atoms with Gasteiger partial charge in [-0.1, -0.05) is 30.3 Å². The van der Waals surface area contributed by atoms with Gasteiger partial charge < -0.3 is 10.6 Å². The Hall–Kier alpha value is -2.61. The van der Waals surface area contributed by atoms with Crippen molar-refractivity contribution in [2.24, 2.45) is 5.92 Å². The van der Waals surface area contributed by atoms with Crippen LogP contribution < -0.4 is 16.0 Å². The van der Waals surface area contributed by atoms with E-state index in [1.54, 1.807) is 25.1 Å². The van der Waals surface area contributed by atoms with E-state index in [4.69, 9.17) is 0 Å². The zero-order valence-electron chi connectivity index (χ0n) is 15.8. The fourth-order valence-electron chi connectivity index (χ4n) is 3.93. The molecule has 0 radical (unpaired) electrons. The number of alkyl halides is 3. The van der Waals surface area contributed by atoms with Crippen LogP contribution in [0.4, 0.5) is 13.2 Å². The number of halogens is 3. The minimum atomic E-state index is -4.46. The Balaban J connectivity index is 1.55. The lowest BCUT2D eigenvalue weighted by molar-refractivity contribution is -0.136. The van der Waals surface area contributed by atoms with Gasteiger partial charge in [0.15, 0.2) is 0 Å². The highest BCUT2D eigenvalue weighted by atomic mass is 19.4. The largest absolute Gasteiger partial charge is 0.417 e. The van der Waals surface area contributed by atoms with Crippen LogP contribution in [-0.2, 0) is 15.8 Å². The van der Waals surface area contributed by atoms with Crippen molar-refractivity contribution in [2.45, 2.75) is 50.6 Å². The van der Waals surface area contributed by atoms with E-state index in [2.05, 4.69) is 16.0 Å². The van der Waals surface area contributed by atoms with Crippen LogP contribution >= 0.6 is 0 Å². The van der Waals surface area contributed by atoms with Crippen LogP contribution in [0.2, 0.25) is 0 Å². The van der Waals surface area contributed by atoms with Crippen molar-refractivity contribution in [3.8, 4) is 0 Å². The highest BCUT2D eigenvalue weighted by Gasteiger charge is 2.39. The number of hydrogen-bond donors (Lipinski definition) is 3. The minimum absolute atomic E-state index is 0.0372. The first-order valence-electron chi connectivity index (χ1n) is 9.68. The Morgan fingerprint density at radius 3 is 2.48 bits per heavy atom. The maximum absolute atomic E-state index is 13.3. The third-order valence-corrected chi connectivity index (χ3v) is 5.59. The Kier molecular flexibility index (Phi) is 4.98. The molecule has 0 aromatic heterocycles. The van der Waals surface area contributed by atoms with E-state index in [1.807, 2.05) is 0 Å². The molecule has 2 unspecified atom stereocenters. The summed E-state index contributed by atoms with van der Waals surface area (Å²) < 4.78 is 40.0. The molecule has 2 aromatic rings. The zero-order chi connectivity index (χ0) is 20.8. The van der Waals surface area contributed by atoms with Crippen molar-refractivity contribution in [1.29, 1.82) is 0 Å². The molecule has 4 rings (SSSR count). The van der Waals surface area contributed by atoms with Gasteiger partial charge in [-0.3, -0.25) is 14.9 Å². The first-order valence-corrected chi connectivity index (χ1v) is 9.68. The van der Waals surface area contributed by atoms with E-state index in [0.717, 1.165) is 18.9 Å². The van der Waals surface area contributed by atoms with Crippen LogP contribution in [0.1, 0.15) is 43.4 Å². The predicted octanol–water partition coefficient (Wildman–Crippen LogP) is 3.25. The molecule has 3 N–H and O–H groups in total. The molecule has 1 saturated carbocycles. The zero-order valence-corrected chi connectivity index (χ0v) is 15.8. The second-order valence-electron chi connectivity index (χ2n) is 7.78. The number of carbonyl (C=O) groups excluding carboxylic acids is 2. The lowest BCUT2D eigenvalue weighted by Crippen LogP contribution is -2.61. The molecule has 5 nitrogen and oxygen atoms in total. The van der Waals surface area contributed by atoms with Gasteiger partial charge in [-0.05, 0) is 48.1 Å². The van der Waals surface area contributed by atoms with E-state index in [0.29, 0.717) is 16.9 Å². The van der Waals surface area contributed by atoms with Gasteiger partial charge in [0.2, 0.25) is 11.8 Å². The van der Waals surface area contributed by atoms with Gasteiger partial charge in [0.1, 0.15) is 0 Å². The van der Waals surface area contributed by atoms with Crippen molar-refractivity contribution in [2.75, 3.05) is 0 Å². The van der Waals surface area contributed by atoms with Crippen LogP contribution in [0.25, 0.3) is 10.8 Å². The molecule has 2 aromatic carbocycles. The molecule has 154 valence electrons. The van der Waals surface area contributed by atoms with Crippen molar-refractivity contribution in [3.05, 3.63) is 47.5 Å².